The van der Waals surface area contributed by atoms with Crippen LogP contribution in [0.3, 0.4) is 0 Å². The highest BCUT2D eigenvalue weighted by Gasteiger charge is 2.46. The van der Waals surface area contributed by atoms with Gasteiger partial charge < -0.3 is 10.4 Å². The van der Waals surface area contributed by atoms with Gasteiger partial charge >= 0.3 is 0 Å². The van der Waals surface area contributed by atoms with E-state index < -0.39 is 5.60 Å². The third-order valence-electron chi connectivity index (χ3n) is 5.75. The molecule has 0 aromatic heterocycles. The molecule has 2 aliphatic rings. The molecule has 0 radical (unpaired) electrons. The minimum absolute atomic E-state index is 0.0273. The molecule has 1 aliphatic heterocycles. The Balaban J connectivity index is 1.90. The van der Waals surface area contributed by atoms with Gasteiger partial charge in [-0.1, -0.05) is 43.2 Å². The number of nitrogens with zero attached hydrogens (tertiary/aromatic N) is 1. The summed E-state index contributed by atoms with van der Waals surface area (Å²) >= 11 is 0. The number of aliphatic hydroxyl groups is 1. The smallest absolute Gasteiger partial charge is 0.217 e. The van der Waals surface area contributed by atoms with Crippen molar-refractivity contribution >= 4 is 5.91 Å². The zero-order valence-electron chi connectivity index (χ0n) is 14.9. The molecule has 4 nitrogen and oxygen atoms in total. The molecule has 2 fully saturated rings. The Bertz CT molecular complexity index is 552. The van der Waals surface area contributed by atoms with Gasteiger partial charge in [0.1, 0.15) is 0 Å². The van der Waals surface area contributed by atoms with Gasteiger partial charge in [-0.05, 0) is 37.7 Å². The molecule has 1 heterocycles. The van der Waals surface area contributed by atoms with Crippen LogP contribution in [-0.2, 0) is 4.79 Å². The molecule has 1 aromatic rings. The minimum atomic E-state index is -0.891. The summed E-state index contributed by atoms with van der Waals surface area (Å²) in [5.41, 5.74) is 0.285. The number of amides is 1. The van der Waals surface area contributed by atoms with Crippen LogP contribution in [0.1, 0.15) is 57.6 Å². The second kappa shape index (κ2) is 7.24. The number of hydrogen-bond donors (Lipinski definition) is 2. The van der Waals surface area contributed by atoms with E-state index in [2.05, 4.69) is 22.3 Å². The number of hydrogen-bond acceptors (Lipinski definition) is 3. The summed E-state index contributed by atoms with van der Waals surface area (Å²) in [6.45, 7) is 5.33. The number of nitrogens with one attached hydrogen (secondary N) is 1. The summed E-state index contributed by atoms with van der Waals surface area (Å²) in [5.74, 6) is 0.668. The third-order valence-corrected chi connectivity index (χ3v) is 5.75. The van der Waals surface area contributed by atoms with E-state index in [0.717, 1.165) is 19.0 Å². The summed E-state index contributed by atoms with van der Waals surface area (Å²) in [7, 11) is 0. The van der Waals surface area contributed by atoms with Crippen LogP contribution in [0.2, 0.25) is 0 Å². The molecule has 1 saturated carbocycles. The van der Waals surface area contributed by atoms with Crippen molar-refractivity contribution in [1.29, 1.82) is 0 Å². The van der Waals surface area contributed by atoms with E-state index in [1.807, 2.05) is 25.1 Å². The molecular weight excluding hydrogens is 300 g/mol. The summed E-state index contributed by atoms with van der Waals surface area (Å²) in [6, 6.07) is 10.1. The lowest BCUT2D eigenvalue weighted by Gasteiger charge is -2.49. The van der Waals surface area contributed by atoms with Crippen LogP contribution in [0.4, 0.5) is 0 Å². The molecule has 0 spiro atoms. The highest BCUT2D eigenvalue weighted by atomic mass is 16.3. The van der Waals surface area contributed by atoms with E-state index in [1.54, 1.807) is 0 Å². The fraction of sp³-hybridized carbons (Fsp3) is 0.650. The predicted molar refractivity (Wildman–Crippen MR) is 95.6 cm³/mol. The maximum absolute atomic E-state index is 11.8. The van der Waals surface area contributed by atoms with Crippen molar-refractivity contribution < 1.29 is 9.90 Å². The summed E-state index contributed by atoms with van der Waals surface area (Å²) in [4.78, 5) is 14.3. The van der Waals surface area contributed by atoms with Gasteiger partial charge in [0, 0.05) is 20.0 Å². The Morgan fingerprint density at radius 3 is 2.58 bits per heavy atom. The van der Waals surface area contributed by atoms with Crippen LogP contribution in [-0.4, -0.2) is 40.6 Å². The van der Waals surface area contributed by atoms with E-state index >= 15 is 0 Å². The number of benzene rings is 1. The number of carbonyl (C=O) groups excluding carboxylic acids is 1. The lowest BCUT2D eigenvalue weighted by atomic mass is 9.79. The van der Waals surface area contributed by atoms with Crippen molar-refractivity contribution in [3.05, 3.63) is 35.9 Å². The normalized spacial score (nSPS) is 32.0. The molecule has 1 aliphatic carbocycles. The van der Waals surface area contributed by atoms with Gasteiger partial charge in [0.25, 0.3) is 0 Å². The van der Waals surface area contributed by atoms with Gasteiger partial charge in [-0.15, -0.1) is 0 Å². The third kappa shape index (κ3) is 3.81. The Labute approximate surface area is 145 Å². The molecule has 0 unspecified atom stereocenters. The van der Waals surface area contributed by atoms with Crippen molar-refractivity contribution in [2.45, 2.75) is 63.6 Å². The Morgan fingerprint density at radius 1 is 1.29 bits per heavy atom. The lowest BCUT2D eigenvalue weighted by Crippen LogP contribution is -2.62. The van der Waals surface area contributed by atoms with Crippen molar-refractivity contribution in [2.24, 2.45) is 5.92 Å². The quantitative estimate of drug-likeness (QED) is 0.892. The van der Waals surface area contributed by atoms with Gasteiger partial charge in [0.15, 0.2) is 0 Å². The molecule has 1 aromatic carbocycles. The average molecular weight is 330 g/mol. The minimum Gasteiger partial charge on any atom is -0.388 e. The molecular formula is C20H30N2O2. The van der Waals surface area contributed by atoms with Crippen LogP contribution in [0, 0.1) is 5.92 Å². The first-order valence-corrected chi connectivity index (χ1v) is 9.26. The Hall–Kier alpha value is -1.39. The first kappa shape index (κ1) is 17.4. The van der Waals surface area contributed by atoms with Crippen molar-refractivity contribution in [1.82, 2.24) is 10.2 Å². The molecule has 3 atom stereocenters. The van der Waals surface area contributed by atoms with E-state index in [0.29, 0.717) is 6.42 Å². The summed E-state index contributed by atoms with van der Waals surface area (Å²) < 4.78 is 0. The first-order valence-electron chi connectivity index (χ1n) is 9.26. The standard InChI is InChI=1S/C20H30N2O2/c1-15(23)21-19-18(17-10-4-3-5-11-17)22(13-12-20(19,2)24)14-16-8-6-7-9-16/h3-5,10-11,16,18-19,24H,6-9,12-14H2,1-2H3,(H,21,23)/t18-,19-,20+/m0/s1. The lowest BCUT2D eigenvalue weighted by molar-refractivity contribution is -0.126. The largest absolute Gasteiger partial charge is 0.388 e. The number of likely N-dealkylation sites (tertiary alicyclic amines) is 1. The van der Waals surface area contributed by atoms with Crippen LogP contribution in [0.5, 0.6) is 0 Å². The van der Waals surface area contributed by atoms with Crippen LogP contribution >= 0.6 is 0 Å². The van der Waals surface area contributed by atoms with E-state index in [-0.39, 0.29) is 18.0 Å². The van der Waals surface area contributed by atoms with Crippen molar-refractivity contribution in [3.63, 3.8) is 0 Å². The fourth-order valence-corrected chi connectivity index (χ4v) is 4.45. The zero-order chi connectivity index (χ0) is 17.2. The van der Waals surface area contributed by atoms with Crippen LogP contribution in [0.25, 0.3) is 0 Å². The maximum Gasteiger partial charge on any atom is 0.217 e. The van der Waals surface area contributed by atoms with Gasteiger partial charge in [0.2, 0.25) is 5.91 Å². The van der Waals surface area contributed by atoms with Crippen molar-refractivity contribution in [3.8, 4) is 0 Å². The number of carbonyl (C=O) groups is 1. The highest BCUT2D eigenvalue weighted by molar-refractivity contribution is 5.73. The molecule has 2 N–H and O–H groups in total. The van der Waals surface area contributed by atoms with E-state index in [4.69, 9.17) is 0 Å². The fourth-order valence-electron chi connectivity index (χ4n) is 4.45. The predicted octanol–water partition coefficient (Wildman–Crippen LogP) is 2.88. The molecule has 0 bridgehead atoms. The SMILES string of the molecule is CC(=O)N[C@H]1[C@H](c2ccccc2)N(CC2CCCC2)CC[C@@]1(C)O. The molecule has 3 rings (SSSR count). The maximum atomic E-state index is 11.8. The molecule has 4 heteroatoms. The monoisotopic (exact) mass is 330 g/mol. The van der Waals surface area contributed by atoms with Crippen LogP contribution < -0.4 is 5.32 Å². The zero-order valence-corrected chi connectivity index (χ0v) is 14.9. The molecule has 132 valence electrons. The van der Waals surface area contributed by atoms with E-state index in [1.165, 1.54) is 38.2 Å². The summed E-state index contributed by atoms with van der Waals surface area (Å²) in [6.07, 6.45) is 5.97. The van der Waals surface area contributed by atoms with Crippen LogP contribution in [0.15, 0.2) is 30.3 Å². The summed E-state index contributed by atoms with van der Waals surface area (Å²) in [5, 5.41) is 14.0. The van der Waals surface area contributed by atoms with Gasteiger partial charge in [-0.3, -0.25) is 9.69 Å². The van der Waals surface area contributed by atoms with Crippen molar-refractivity contribution in [2.75, 3.05) is 13.1 Å². The average Bonchev–Trinajstić information content (AvgIpc) is 3.04. The first-order chi connectivity index (χ1) is 11.5. The Morgan fingerprint density at radius 2 is 1.96 bits per heavy atom. The number of piperidine rings is 1. The Kier molecular flexibility index (Phi) is 5.26. The second-order valence-electron chi connectivity index (χ2n) is 7.79. The van der Waals surface area contributed by atoms with Gasteiger partial charge in [-0.25, -0.2) is 0 Å². The van der Waals surface area contributed by atoms with Gasteiger partial charge in [-0.2, -0.15) is 0 Å². The topological polar surface area (TPSA) is 52.6 Å². The highest BCUT2D eigenvalue weighted by Crippen LogP contribution is 2.38. The molecule has 24 heavy (non-hydrogen) atoms. The van der Waals surface area contributed by atoms with Gasteiger partial charge in [0.05, 0.1) is 17.7 Å². The second-order valence-corrected chi connectivity index (χ2v) is 7.79. The molecule has 1 saturated heterocycles. The molecule has 1 amide bonds. The number of rotatable bonds is 4. The van der Waals surface area contributed by atoms with E-state index in [9.17, 15) is 9.90 Å².